The molecule has 0 nitrogen and oxygen atoms in total. The van der Waals surface area contributed by atoms with E-state index in [1.54, 1.807) is 45.3 Å². The topological polar surface area (TPSA) is 0 Å². The van der Waals surface area contributed by atoms with Gasteiger partial charge in [-0.25, -0.2) is 22.0 Å². The van der Waals surface area contributed by atoms with Crippen LogP contribution in [0.4, 0.5) is 22.0 Å². The van der Waals surface area contributed by atoms with E-state index in [4.69, 9.17) is 0 Å². The van der Waals surface area contributed by atoms with Crippen molar-refractivity contribution in [1.29, 1.82) is 0 Å². The van der Waals surface area contributed by atoms with Gasteiger partial charge in [0.2, 0.25) is 5.82 Å². The Bertz CT molecular complexity index is 2210. The smallest absolute Gasteiger partial charge is 0.200 e. The van der Waals surface area contributed by atoms with Crippen molar-refractivity contribution in [1.82, 2.24) is 0 Å². The summed E-state index contributed by atoms with van der Waals surface area (Å²) >= 11 is 9.41. The summed E-state index contributed by atoms with van der Waals surface area (Å²) in [6.07, 6.45) is 0. The van der Waals surface area contributed by atoms with Crippen LogP contribution in [0.1, 0.15) is 0 Å². The lowest BCUT2D eigenvalue weighted by molar-refractivity contribution is 0.381. The first-order valence-electron chi connectivity index (χ1n) is 11.4. The first-order valence-corrected chi connectivity index (χ1v) is 16.3. The van der Waals surface area contributed by atoms with Crippen molar-refractivity contribution in [2.45, 2.75) is 0 Å². The molecule has 2 aromatic carbocycles. The number of hydrogen-bond acceptors (Lipinski definition) is 6. The van der Waals surface area contributed by atoms with Crippen molar-refractivity contribution in [3.8, 4) is 30.6 Å². The Kier molecular flexibility index (Phi) is 5.36. The van der Waals surface area contributed by atoms with Crippen LogP contribution in [0, 0.1) is 29.1 Å². The SMILES string of the molecule is Fc1c(F)c(F)c(-c2cc3sc4cc(-c5cc6sc7cc(-c8ccccc8)sc7c6s5)sc4c3s2)c(F)c1F. The Morgan fingerprint density at radius 3 is 1.28 bits per heavy atom. The molecule has 0 aliphatic carbocycles. The maximum Gasteiger partial charge on any atom is 0.200 e. The molecule has 0 bridgehead atoms. The van der Waals surface area contributed by atoms with E-state index >= 15 is 0 Å². The lowest BCUT2D eigenvalue weighted by Gasteiger charge is -2.05. The van der Waals surface area contributed by atoms with Crippen molar-refractivity contribution < 1.29 is 22.0 Å². The summed E-state index contributed by atoms with van der Waals surface area (Å²) in [4.78, 5) is 3.50. The highest BCUT2D eigenvalue weighted by molar-refractivity contribution is 7.42. The highest BCUT2D eigenvalue weighted by atomic mass is 32.1. The van der Waals surface area contributed by atoms with E-state index in [1.165, 1.54) is 46.6 Å². The van der Waals surface area contributed by atoms with Gasteiger partial charge in [0.25, 0.3) is 0 Å². The van der Waals surface area contributed by atoms with E-state index in [0.717, 1.165) is 39.9 Å². The molecule has 0 amide bonds. The number of halogens is 5. The molecule has 0 N–H and O–H groups in total. The predicted molar refractivity (Wildman–Crippen MR) is 160 cm³/mol. The van der Waals surface area contributed by atoms with Gasteiger partial charge >= 0.3 is 0 Å². The van der Waals surface area contributed by atoms with E-state index < -0.39 is 34.6 Å². The van der Waals surface area contributed by atoms with Crippen molar-refractivity contribution in [2.24, 2.45) is 0 Å². The Balaban J connectivity index is 1.21. The second kappa shape index (κ2) is 8.66. The Morgan fingerprint density at radius 2 is 0.769 bits per heavy atom. The minimum absolute atomic E-state index is 0.0202. The van der Waals surface area contributed by atoms with Crippen molar-refractivity contribution >= 4 is 106 Å². The van der Waals surface area contributed by atoms with Crippen LogP contribution in [0.5, 0.6) is 0 Å². The standard InChI is InChI=1S/C28H9F5S6/c29-20-19(21(30)23(32)24(33)22(20)31)14-9-18-28(39-14)27-17(35-18)8-13(38-27)12-7-16-26(37-12)25-15(34-16)6-11(36-25)10-4-2-1-3-5-10/h1-9H. The highest BCUT2D eigenvalue weighted by Gasteiger charge is 2.28. The molecule has 0 fully saturated rings. The van der Waals surface area contributed by atoms with Gasteiger partial charge in [-0.2, -0.15) is 0 Å². The summed E-state index contributed by atoms with van der Waals surface area (Å²) in [5, 5.41) is 0. The molecule has 0 aliphatic rings. The molecule has 0 saturated heterocycles. The number of thiophene rings is 6. The van der Waals surface area contributed by atoms with E-state index in [2.05, 4.69) is 30.3 Å². The van der Waals surface area contributed by atoms with Crippen LogP contribution >= 0.6 is 68.0 Å². The summed E-state index contributed by atoms with van der Waals surface area (Å²) < 4.78 is 78.6. The molecule has 6 heterocycles. The number of hydrogen-bond donors (Lipinski definition) is 0. The average Bonchev–Trinajstić information content (AvgIpc) is 3.75. The first kappa shape index (κ1) is 24.2. The monoisotopic (exact) mass is 632 g/mol. The summed E-state index contributed by atoms with van der Waals surface area (Å²) in [5.74, 6) is -9.63. The second-order valence-corrected chi connectivity index (χ2v) is 15.1. The van der Waals surface area contributed by atoms with Crippen LogP contribution in [0.3, 0.4) is 0 Å². The third kappa shape index (κ3) is 3.54. The minimum Gasteiger partial charge on any atom is -0.203 e. The van der Waals surface area contributed by atoms with Gasteiger partial charge in [-0.3, -0.25) is 0 Å². The van der Waals surface area contributed by atoms with E-state index in [1.807, 2.05) is 18.2 Å². The molecule has 8 aromatic rings. The molecule has 0 unspecified atom stereocenters. The Morgan fingerprint density at radius 1 is 0.385 bits per heavy atom. The van der Waals surface area contributed by atoms with Gasteiger partial charge in [-0.05, 0) is 29.8 Å². The van der Waals surface area contributed by atoms with Crippen LogP contribution in [0.2, 0.25) is 0 Å². The van der Waals surface area contributed by atoms with Gasteiger partial charge in [0.05, 0.1) is 24.4 Å². The lowest BCUT2D eigenvalue weighted by Crippen LogP contribution is -2.03. The van der Waals surface area contributed by atoms with Crippen LogP contribution in [0.25, 0.3) is 68.2 Å². The zero-order valence-corrected chi connectivity index (χ0v) is 23.9. The second-order valence-electron chi connectivity index (χ2n) is 8.73. The largest absolute Gasteiger partial charge is 0.203 e. The van der Waals surface area contributed by atoms with Gasteiger partial charge in [0.15, 0.2) is 23.3 Å². The number of fused-ring (bicyclic) bond motifs is 6. The Hall–Kier alpha value is -2.67. The summed E-state index contributed by atoms with van der Waals surface area (Å²) in [6.45, 7) is 0. The molecule has 8 rings (SSSR count). The molecular formula is C28H9F5S6. The molecule has 192 valence electrons. The third-order valence-corrected chi connectivity index (χ3v) is 14.2. The van der Waals surface area contributed by atoms with Crippen molar-refractivity contribution in [3.63, 3.8) is 0 Å². The molecule has 39 heavy (non-hydrogen) atoms. The molecule has 0 aliphatic heterocycles. The zero-order valence-electron chi connectivity index (χ0n) is 19.0. The maximum absolute atomic E-state index is 14.4. The minimum atomic E-state index is -2.15. The van der Waals surface area contributed by atoms with Gasteiger partial charge < -0.3 is 0 Å². The molecule has 0 radical (unpaired) electrons. The molecule has 0 atom stereocenters. The van der Waals surface area contributed by atoms with Crippen molar-refractivity contribution in [2.75, 3.05) is 0 Å². The van der Waals surface area contributed by atoms with Gasteiger partial charge in [0, 0.05) is 38.3 Å². The Labute approximate surface area is 240 Å². The predicted octanol–water partition coefficient (Wildman–Crippen LogP) is 12.4. The summed E-state index contributed by atoms with van der Waals surface area (Å²) in [7, 11) is 0. The van der Waals surface area contributed by atoms with E-state index in [-0.39, 0.29) is 4.88 Å². The molecule has 0 saturated carbocycles. The molecule has 0 spiro atoms. The molecular weight excluding hydrogens is 624 g/mol. The lowest BCUT2D eigenvalue weighted by atomic mass is 10.1. The van der Waals surface area contributed by atoms with Crippen LogP contribution < -0.4 is 0 Å². The van der Waals surface area contributed by atoms with Crippen LogP contribution in [0.15, 0.2) is 54.6 Å². The van der Waals surface area contributed by atoms with E-state index in [9.17, 15) is 22.0 Å². The van der Waals surface area contributed by atoms with Crippen molar-refractivity contribution in [3.05, 3.63) is 83.7 Å². The summed E-state index contributed by atoms with van der Waals surface area (Å²) in [5.41, 5.74) is 0.331. The first-order chi connectivity index (χ1) is 18.9. The van der Waals surface area contributed by atoms with Gasteiger partial charge in [-0.15, -0.1) is 68.0 Å². The fraction of sp³-hybridized carbons (Fsp3) is 0. The molecule has 11 heteroatoms. The fourth-order valence-electron chi connectivity index (χ4n) is 4.60. The van der Waals surface area contributed by atoms with E-state index in [0.29, 0.717) is 0 Å². The highest BCUT2D eigenvalue weighted by Crippen LogP contribution is 2.52. The fourth-order valence-corrected chi connectivity index (χ4v) is 12.8. The molecule has 6 aromatic heterocycles. The van der Waals surface area contributed by atoms with Crippen LogP contribution in [-0.2, 0) is 0 Å². The van der Waals surface area contributed by atoms with Crippen LogP contribution in [-0.4, -0.2) is 0 Å². The van der Waals surface area contributed by atoms with Gasteiger partial charge in [0.1, 0.15) is 0 Å². The zero-order chi connectivity index (χ0) is 26.6. The normalized spacial score (nSPS) is 12.2. The third-order valence-electron chi connectivity index (χ3n) is 6.40. The maximum atomic E-state index is 14.4. The quantitative estimate of drug-likeness (QED) is 0.103. The number of benzene rings is 2. The number of rotatable bonds is 3. The average molecular weight is 633 g/mol. The summed E-state index contributed by atoms with van der Waals surface area (Å²) in [6, 6.07) is 18.4. The van der Waals surface area contributed by atoms with Gasteiger partial charge in [-0.1, -0.05) is 30.3 Å².